The van der Waals surface area contributed by atoms with Gasteiger partial charge in [-0.25, -0.2) is 0 Å². The number of piperidine rings is 1. The van der Waals surface area contributed by atoms with Gasteiger partial charge in [0.2, 0.25) is 5.91 Å². The summed E-state index contributed by atoms with van der Waals surface area (Å²) >= 11 is 0. The summed E-state index contributed by atoms with van der Waals surface area (Å²) in [5.41, 5.74) is 3.86. The Bertz CT molecular complexity index is 517. The molecule has 1 unspecified atom stereocenters. The molecule has 0 spiro atoms. The smallest absolute Gasteiger partial charge is 0.226 e. The summed E-state index contributed by atoms with van der Waals surface area (Å²) in [7, 11) is 2.26. The van der Waals surface area contributed by atoms with Crippen molar-refractivity contribution in [2.75, 3.05) is 25.0 Å². The molecule has 0 aromatic heterocycles. The summed E-state index contributed by atoms with van der Waals surface area (Å²) in [6.45, 7) is 6.42. The summed E-state index contributed by atoms with van der Waals surface area (Å²) in [5.74, 6) is 0.802. The molecule has 2 aliphatic heterocycles. The maximum Gasteiger partial charge on any atom is 0.226 e. The molecule has 1 fully saturated rings. The van der Waals surface area contributed by atoms with Crippen molar-refractivity contribution in [3.63, 3.8) is 0 Å². The van der Waals surface area contributed by atoms with Crippen molar-refractivity contribution >= 4 is 11.6 Å². The Labute approximate surface area is 127 Å². The van der Waals surface area contributed by atoms with Crippen LogP contribution in [0.25, 0.3) is 0 Å². The minimum atomic E-state index is 0. The quantitative estimate of drug-likeness (QED) is 0.645. The lowest BCUT2D eigenvalue weighted by atomic mass is 9.89. The Balaban J connectivity index is 0.00000147. The van der Waals surface area contributed by atoms with Crippen molar-refractivity contribution < 1.29 is 22.1 Å². The standard InChI is InChI=1S/C16H22N2O.ClH/c1-4-16(19)18-14-6-5-11(2)9-12(14)13-10-17(3)8-7-15(13)18;/h5-6,9,13,15H,4,7-8,10H2,1-3H3;1H/t13-,15+;/m0./s1. The number of anilines is 1. The van der Waals surface area contributed by atoms with E-state index in [9.17, 15) is 4.79 Å². The topological polar surface area (TPSA) is 24.8 Å². The van der Waals surface area contributed by atoms with Gasteiger partial charge in [-0.1, -0.05) is 24.6 Å². The Kier molecular flexibility index (Phi) is 4.40. The zero-order valence-electron chi connectivity index (χ0n) is 12.4. The number of amides is 1. The van der Waals surface area contributed by atoms with Crippen LogP contribution in [0.1, 0.15) is 36.8 Å². The maximum atomic E-state index is 12.3. The molecule has 0 radical (unpaired) electrons. The zero-order valence-corrected chi connectivity index (χ0v) is 13.2. The molecule has 1 aromatic carbocycles. The molecule has 110 valence electrons. The van der Waals surface area contributed by atoms with E-state index in [2.05, 4.69) is 37.1 Å². The van der Waals surface area contributed by atoms with Crippen LogP contribution in [-0.2, 0) is 4.79 Å². The van der Waals surface area contributed by atoms with Crippen LogP contribution in [0.15, 0.2) is 18.2 Å². The molecular weight excluding hydrogens is 272 g/mol. The third kappa shape index (κ3) is 2.33. The molecule has 0 saturated carbocycles. The van der Waals surface area contributed by atoms with Crippen LogP contribution in [0.4, 0.5) is 5.69 Å². The molecule has 1 amide bonds. The molecule has 3 rings (SSSR count). The highest BCUT2D eigenvalue weighted by atomic mass is 35.5. The summed E-state index contributed by atoms with van der Waals surface area (Å²) in [5, 5.41) is 0. The molecule has 1 saturated heterocycles. The minimum absolute atomic E-state index is 0. The number of aryl methyl sites for hydroxylation is 1. The lowest BCUT2D eigenvalue weighted by molar-refractivity contribution is -0.886. The SMILES string of the molecule is CCC(=O)N1c2ccc(C)cc2[C@@H]2C[NH+](C)CC[C@H]21.[Cl-]. The third-order valence-corrected chi connectivity index (χ3v) is 4.64. The van der Waals surface area contributed by atoms with Crippen LogP contribution in [0.2, 0.25) is 0 Å². The van der Waals surface area contributed by atoms with E-state index in [0.717, 1.165) is 13.0 Å². The average Bonchev–Trinajstić information content (AvgIpc) is 2.71. The van der Waals surface area contributed by atoms with Crippen molar-refractivity contribution in [1.82, 2.24) is 0 Å². The molecule has 0 aliphatic carbocycles. The Hall–Kier alpha value is -1.06. The first-order valence-electron chi connectivity index (χ1n) is 7.35. The molecule has 0 bridgehead atoms. The van der Waals surface area contributed by atoms with Crippen LogP contribution in [0.3, 0.4) is 0 Å². The van der Waals surface area contributed by atoms with Crippen molar-refractivity contribution in [2.45, 2.75) is 38.6 Å². The van der Waals surface area contributed by atoms with E-state index in [0.29, 0.717) is 18.4 Å². The molecule has 1 N–H and O–H groups in total. The van der Waals surface area contributed by atoms with Gasteiger partial charge in [-0.3, -0.25) is 4.79 Å². The first-order valence-corrected chi connectivity index (χ1v) is 7.35. The van der Waals surface area contributed by atoms with Crippen molar-refractivity contribution in [1.29, 1.82) is 0 Å². The Morgan fingerprint density at radius 2 is 2.20 bits per heavy atom. The number of benzene rings is 1. The predicted molar refractivity (Wildman–Crippen MR) is 76.7 cm³/mol. The number of fused-ring (bicyclic) bond motifs is 3. The molecule has 3 nitrogen and oxygen atoms in total. The fourth-order valence-corrected chi connectivity index (χ4v) is 3.69. The van der Waals surface area contributed by atoms with E-state index in [1.165, 1.54) is 23.4 Å². The van der Waals surface area contributed by atoms with Gasteiger partial charge in [0.1, 0.15) is 0 Å². The number of hydrogen-bond donors (Lipinski definition) is 1. The van der Waals surface area contributed by atoms with E-state index in [1.54, 1.807) is 4.90 Å². The van der Waals surface area contributed by atoms with Gasteiger partial charge in [0.25, 0.3) is 0 Å². The lowest BCUT2D eigenvalue weighted by Crippen LogP contribution is -3.11. The second-order valence-corrected chi connectivity index (χ2v) is 6.05. The number of carbonyl (C=O) groups is 1. The van der Waals surface area contributed by atoms with E-state index in [1.807, 2.05) is 6.92 Å². The molecule has 3 atom stereocenters. The van der Waals surface area contributed by atoms with Gasteiger partial charge in [0.15, 0.2) is 0 Å². The maximum absolute atomic E-state index is 12.3. The number of nitrogens with one attached hydrogen (secondary N) is 1. The van der Waals surface area contributed by atoms with Crippen LogP contribution in [0, 0.1) is 6.92 Å². The van der Waals surface area contributed by atoms with Crippen molar-refractivity contribution in [2.24, 2.45) is 0 Å². The van der Waals surface area contributed by atoms with Gasteiger partial charge >= 0.3 is 0 Å². The van der Waals surface area contributed by atoms with Crippen LogP contribution in [-0.4, -0.2) is 32.1 Å². The number of halogens is 1. The first kappa shape index (κ1) is 15.3. The largest absolute Gasteiger partial charge is 1.00 e. The average molecular weight is 295 g/mol. The fraction of sp³-hybridized carbons (Fsp3) is 0.562. The van der Waals surface area contributed by atoms with Gasteiger partial charge in [-0.15, -0.1) is 0 Å². The van der Waals surface area contributed by atoms with Gasteiger partial charge in [-0.2, -0.15) is 0 Å². The van der Waals surface area contributed by atoms with Gasteiger partial charge in [0.05, 0.1) is 32.1 Å². The van der Waals surface area contributed by atoms with Gasteiger partial charge < -0.3 is 22.2 Å². The number of carbonyl (C=O) groups excluding carboxylic acids is 1. The van der Waals surface area contributed by atoms with E-state index in [-0.39, 0.29) is 18.3 Å². The molecule has 20 heavy (non-hydrogen) atoms. The van der Waals surface area contributed by atoms with Crippen LogP contribution in [0.5, 0.6) is 0 Å². The summed E-state index contributed by atoms with van der Waals surface area (Å²) in [6.07, 6.45) is 1.72. The van der Waals surface area contributed by atoms with E-state index >= 15 is 0 Å². The number of nitrogens with zero attached hydrogens (tertiary/aromatic N) is 1. The normalized spacial score (nSPS) is 27.6. The van der Waals surface area contributed by atoms with Crippen molar-refractivity contribution in [3.8, 4) is 0 Å². The molecule has 2 heterocycles. The molecule has 2 aliphatic rings. The lowest BCUT2D eigenvalue weighted by Gasteiger charge is -2.34. The fourth-order valence-electron chi connectivity index (χ4n) is 3.69. The number of quaternary nitrogens is 1. The first-order chi connectivity index (χ1) is 9.11. The second-order valence-electron chi connectivity index (χ2n) is 6.05. The number of likely N-dealkylation sites (N-methyl/N-ethyl adjacent to an activating group) is 1. The Morgan fingerprint density at radius 3 is 2.90 bits per heavy atom. The summed E-state index contributed by atoms with van der Waals surface area (Å²) < 4.78 is 0. The highest BCUT2D eigenvalue weighted by Crippen LogP contribution is 2.43. The van der Waals surface area contributed by atoms with Crippen LogP contribution < -0.4 is 22.2 Å². The summed E-state index contributed by atoms with van der Waals surface area (Å²) in [4.78, 5) is 16.0. The summed E-state index contributed by atoms with van der Waals surface area (Å²) in [6, 6.07) is 6.95. The number of likely N-dealkylation sites (tertiary alicyclic amines) is 1. The highest BCUT2D eigenvalue weighted by Gasteiger charge is 2.45. The van der Waals surface area contributed by atoms with Gasteiger partial charge in [-0.05, 0) is 18.6 Å². The molecular formula is C16H23ClN2O. The minimum Gasteiger partial charge on any atom is -1.00 e. The monoisotopic (exact) mass is 294 g/mol. The zero-order chi connectivity index (χ0) is 13.6. The Morgan fingerprint density at radius 1 is 1.45 bits per heavy atom. The second kappa shape index (κ2) is 5.74. The molecule has 1 aromatic rings. The van der Waals surface area contributed by atoms with E-state index in [4.69, 9.17) is 0 Å². The van der Waals surface area contributed by atoms with E-state index < -0.39 is 0 Å². The van der Waals surface area contributed by atoms with Gasteiger partial charge in [0, 0.05) is 18.5 Å². The number of hydrogen-bond acceptors (Lipinski definition) is 1. The molecule has 4 heteroatoms. The highest BCUT2D eigenvalue weighted by molar-refractivity contribution is 5.96. The predicted octanol–water partition coefficient (Wildman–Crippen LogP) is -1.87. The number of rotatable bonds is 1. The third-order valence-electron chi connectivity index (χ3n) is 4.64. The van der Waals surface area contributed by atoms with Crippen molar-refractivity contribution in [3.05, 3.63) is 29.3 Å². The van der Waals surface area contributed by atoms with Crippen LogP contribution >= 0.6 is 0 Å².